The van der Waals surface area contributed by atoms with Gasteiger partial charge in [0.1, 0.15) is 17.2 Å². The Morgan fingerprint density at radius 2 is 1.81 bits per heavy atom. The molecule has 2 unspecified atom stereocenters. The van der Waals surface area contributed by atoms with Crippen molar-refractivity contribution in [2.45, 2.75) is 30.8 Å². The van der Waals surface area contributed by atoms with Crippen molar-refractivity contribution < 1.29 is 23.1 Å². The molecule has 1 heterocycles. The number of rotatable bonds is 5. The van der Waals surface area contributed by atoms with Gasteiger partial charge in [0.05, 0.1) is 12.3 Å². The van der Waals surface area contributed by atoms with Crippen LogP contribution in [0.4, 0.5) is 8.78 Å². The van der Waals surface area contributed by atoms with Crippen LogP contribution in [0.3, 0.4) is 0 Å². The minimum atomic E-state index is -1.10. The summed E-state index contributed by atoms with van der Waals surface area (Å²) >= 11 is 0. The number of halogens is 2. The van der Waals surface area contributed by atoms with E-state index in [1.807, 2.05) is 30.3 Å². The van der Waals surface area contributed by atoms with Crippen molar-refractivity contribution in [3.63, 3.8) is 0 Å². The van der Waals surface area contributed by atoms with Crippen molar-refractivity contribution >= 4 is 11.9 Å². The second kappa shape index (κ2) is 8.30. The lowest BCUT2D eigenvalue weighted by atomic mass is 9.78. The maximum Gasteiger partial charge on any atom is 0.314 e. The third kappa shape index (κ3) is 4.19. The predicted octanol–water partition coefficient (Wildman–Crippen LogP) is 4.82. The minimum Gasteiger partial charge on any atom is -0.453 e. The molecule has 0 bridgehead atoms. The number of amides is 1. The molecule has 3 aromatic rings. The summed E-state index contributed by atoms with van der Waals surface area (Å²) in [5.41, 5.74) is 6.55. The lowest BCUT2D eigenvalue weighted by Gasteiger charge is -2.39. The molecule has 1 amide bonds. The number of nitrogens with two attached hydrogens (primary N) is 1. The molecule has 0 saturated carbocycles. The van der Waals surface area contributed by atoms with E-state index in [1.54, 1.807) is 24.3 Å². The molecular weight excluding hydrogens is 400 g/mol. The van der Waals surface area contributed by atoms with E-state index in [0.29, 0.717) is 24.0 Å². The summed E-state index contributed by atoms with van der Waals surface area (Å²) in [5.74, 6) is -2.90. The van der Waals surface area contributed by atoms with Gasteiger partial charge in [0, 0.05) is 11.6 Å². The van der Waals surface area contributed by atoms with Crippen LogP contribution in [0.5, 0.6) is 0 Å². The molecule has 6 heteroatoms. The van der Waals surface area contributed by atoms with Crippen LogP contribution in [0.2, 0.25) is 0 Å². The Labute approximate surface area is 178 Å². The molecule has 1 fully saturated rings. The first-order valence-corrected chi connectivity index (χ1v) is 10.00. The summed E-state index contributed by atoms with van der Waals surface area (Å²) in [6.45, 7) is 0. The van der Waals surface area contributed by atoms with Crippen molar-refractivity contribution in [1.82, 2.24) is 0 Å². The molecule has 4 rings (SSSR count). The van der Waals surface area contributed by atoms with E-state index in [9.17, 15) is 18.4 Å². The molecule has 4 nitrogen and oxygen atoms in total. The standard InChI is InChI=1S/C25H21F2NO3/c26-19-9-10-20(22(27)14-19)16-5-4-6-17(13-16)21-11-12-25(15-23(28)29,31-24(21)30)18-7-2-1-3-8-18/h1-10,13-14,21H,11-12,15H2,(H2,28,29). The Morgan fingerprint density at radius 3 is 2.48 bits per heavy atom. The highest BCUT2D eigenvalue weighted by atomic mass is 19.1. The van der Waals surface area contributed by atoms with Gasteiger partial charge in [0.2, 0.25) is 5.91 Å². The van der Waals surface area contributed by atoms with Crippen molar-refractivity contribution in [3.8, 4) is 11.1 Å². The number of hydrogen-bond donors (Lipinski definition) is 1. The SMILES string of the molecule is NC(=O)CC1(c2ccccc2)CCC(c2cccc(-c3ccc(F)cc3F)c2)C(=O)O1. The Kier molecular flexibility index (Phi) is 5.55. The smallest absolute Gasteiger partial charge is 0.314 e. The fourth-order valence-corrected chi connectivity index (χ4v) is 4.21. The molecule has 1 aliphatic rings. The largest absolute Gasteiger partial charge is 0.453 e. The Morgan fingerprint density at radius 1 is 1.03 bits per heavy atom. The van der Waals surface area contributed by atoms with Crippen LogP contribution in [0.15, 0.2) is 72.8 Å². The van der Waals surface area contributed by atoms with Crippen LogP contribution < -0.4 is 5.73 Å². The molecule has 2 N–H and O–H groups in total. The molecule has 0 radical (unpaired) electrons. The topological polar surface area (TPSA) is 69.4 Å². The van der Waals surface area contributed by atoms with Crippen molar-refractivity contribution in [3.05, 3.63) is 95.6 Å². The monoisotopic (exact) mass is 421 g/mol. The number of hydrogen-bond acceptors (Lipinski definition) is 3. The Bertz CT molecular complexity index is 1130. The number of carbonyl (C=O) groups is 2. The average molecular weight is 421 g/mol. The fraction of sp³-hybridized carbons (Fsp3) is 0.200. The second-order valence-electron chi connectivity index (χ2n) is 7.77. The molecular formula is C25H21F2NO3. The predicted molar refractivity (Wildman–Crippen MR) is 112 cm³/mol. The highest BCUT2D eigenvalue weighted by Gasteiger charge is 2.44. The molecule has 2 atom stereocenters. The van der Waals surface area contributed by atoms with Crippen LogP contribution in [0.25, 0.3) is 11.1 Å². The summed E-state index contributed by atoms with van der Waals surface area (Å²) in [6.07, 6.45) is 0.762. The van der Waals surface area contributed by atoms with Crippen molar-refractivity contribution in [2.24, 2.45) is 5.73 Å². The van der Waals surface area contributed by atoms with Crippen LogP contribution in [-0.2, 0) is 19.9 Å². The second-order valence-corrected chi connectivity index (χ2v) is 7.77. The van der Waals surface area contributed by atoms with E-state index in [0.717, 1.165) is 11.6 Å². The van der Waals surface area contributed by atoms with Gasteiger partial charge in [0.15, 0.2) is 0 Å². The van der Waals surface area contributed by atoms with Gasteiger partial charge in [-0.2, -0.15) is 0 Å². The van der Waals surface area contributed by atoms with Crippen LogP contribution >= 0.6 is 0 Å². The molecule has 3 aromatic carbocycles. The third-order valence-electron chi connectivity index (χ3n) is 5.71. The molecule has 31 heavy (non-hydrogen) atoms. The molecule has 0 aliphatic carbocycles. The first-order chi connectivity index (χ1) is 14.9. The third-order valence-corrected chi connectivity index (χ3v) is 5.71. The van der Waals surface area contributed by atoms with Gasteiger partial charge in [0.25, 0.3) is 0 Å². The Hall–Kier alpha value is -3.54. The number of benzene rings is 3. The zero-order valence-corrected chi connectivity index (χ0v) is 16.7. The lowest BCUT2D eigenvalue weighted by Crippen LogP contribution is -2.42. The summed E-state index contributed by atoms with van der Waals surface area (Å²) in [6, 6.07) is 19.4. The molecule has 0 spiro atoms. The molecule has 1 aliphatic heterocycles. The minimum absolute atomic E-state index is 0.101. The van der Waals surface area contributed by atoms with Crippen molar-refractivity contribution in [2.75, 3.05) is 0 Å². The fourth-order valence-electron chi connectivity index (χ4n) is 4.21. The quantitative estimate of drug-likeness (QED) is 0.601. The number of esters is 1. The average Bonchev–Trinajstić information content (AvgIpc) is 2.74. The zero-order chi connectivity index (χ0) is 22.0. The summed E-state index contributed by atoms with van der Waals surface area (Å²) in [4.78, 5) is 24.8. The molecule has 0 aromatic heterocycles. The van der Waals surface area contributed by atoms with Gasteiger partial charge in [-0.15, -0.1) is 0 Å². The van der Waals surface area contributed by atoms with E-state index in [-0.39, 0.29) is 12.0 Å². The van der Waals surface area contributed by atoms with E-state index in [4.69, 9.17) is 10.5 Å². The van der Waals surface area contributed by atoms with Gasteiger partial charge in [-0.25, -0.2) is 8.78 Å². The van der Waals surface area contributed by atoms with Gasteiger partial charge in [-0.3, -0.25) is 9.59 Å². The van der Waals surface area contributed by atoms with E-state index in [2.05, 4.69) is 0 Å². The summed E-state index contributed by atoms with van der Waals surface area (Å²) < 4.78 is 33.3. The number of cyclic esters (lactones) is 1. The van der Waals surface area contributed by atoms with E-state index < -0.39 is 35.0 Å². The van der Waals surface area contributed by atoms with Gasteiger partial charge in [-0.05, 0) is 41.7 Å². The van der Waals surface area contributed by atoms with Gasteiger partial charge < -0.3 is 10.5 Å². The maximum atomic E-state index is 14.2. The first kappa shape index (κ1) is 20.7. The highest BCUT2D eigenvalue weighted by Crippen LogP contribution is 2.43. The molecule has 1 saturated heterocycles. The van der Waals surface area contributed by atoms with Gasteiger partial charge in [-0.1, -0.05) is 54.6 Å². The number of ether oxygens (including phenoxy) is 1. The summed E-state index contributed by atoms with van der Waals surface area (Å²) in [5, 5.41) is 0. The summed E-state index contributed by atoms with van der Waals surface area (Å²) in [7, 11) is 0. The highest BCUT2D eigenvalue weighted by molar-refractivity contribution is 5.82. The van der Waals surface area contributed by atoms with E-state index >= 15 is 0 Å². The van der Waals surface area contributed by atoms with Crippen LogP contribution in [0, 0.1) is 11.6 Å². The van der Waals surface area contributed by atoms with Gasteiger partial charge >= 0.3 is 5.97 Å². The van der Waals surface area contributed by atoms with E-state index in [1.165, 1.54) is 12.1 Å². The Balaban J connectivity index is 1.63. The molecule has 158 valence electrons. The first-order valence-electron chi connectivity index (χ1n) is 10.00. The maximum absolute atomic E-state index is 14.2. The normalized spacial score (nSPS) is 20.8. The van der Waals surface area contributed by atoms with Crippen LogP contribution in [-0.4, -0.2) is 11.9 Å². The zero-order valence-electron chi connectivity index (χ0n) is 16.7. The van der Waals surface area contributed by atoms with Crippen LogP contribution in [0.1, 0.15) is 36.3 Å². The van der Waals surface area contributed by atoms with Crippen molar-refractivity contribution in [1.29, 1.82) is 0 Å². The lowest BCUT2D eigenvalue weighted by molar-refractivity contribution is -0.173. The number of primary amides is 1. The number of carbonyl (C=O) groups excluding carboxylic acids is 2.